The van der Waals surface area contributed by atoms with E-state index in [1.807, 2.05) is 12.1 Å². The van der Waals surface area contributed by atoms with Crippen LogP contribution in [-0.2, 0) is 10.0 Å². The summed E-state index contributed by atoms with van der Waals surface area (Å²) in [7, 11) is -0.538. The van der Waals surface area contributed by atoms with Crippen LogP contribution in [0, 0.1) is 0 Å². The van der Waals surface area contributed by atoms with Gasteiger partial charge < -0.3 is 9.47 Å². The Kier molecular flexibility index (Phi) is 5.22. The van der Waals surface area contributed by atoms with Crippen LogP contribution in [0.2, 0.25) is 5.02 Å². The molecule has 7 heteroatoms. The van der Waals surface area contributed by atoms with E-state index in [4.69, 9.17) is 21.1 Å². The van der Waals surface area contributed by atoms with Crippen LogP contribution >= 0.6 is 11.6 Å². The number of ether oxygens (including phenoxy) is 2. The molecule has 1 atom stereocenters. The minimum atomic E-state index is -3.67. The van der Waals surface area contributed by atoms with Gasteiger partial charge in [-0.05, 0) is 42.7 Å². The number of methoxy groups -OCH3 is 2. The predicted molar refractivity (Wildman–Crippen MR) is 96.9 cm³/mol. The summed E-state index contributed by atoms with van der Waals surface area (Å²) in [6.45, 7) is 0.465. The first-order chi connectivity index (χ1) is 12.0. The molecule has 5 nitrogen and oxygen atoms in total. The lowest BCUT2D eigenvalue weighted by Gasteiger charge is -2.25. The highest BCUT2D eigenvalue weighted by molar-refractivity contribution is 7.89. The molecule has 1 aliphatic rings. The lowest BCUT2D eigenvalue weighted by molar-refractivity contribution is 0.351. The number of rotatable bonds is 5. The highest BCUT2D eigenvalue weighted by Gasteiger charge is 2.37. The Morgan fingerprint density at radius 1 is 1.08 bits per heavy atom. The second kappa shape index (κ2) is 7.23. The molecule has 0 amide bonds. The van der Waals surface area contributed by atoms with E-state index in [-0.39, 0.29) is 16.0 Å². The Balaban J connectivity index is 2.00. The average Bonchev–Trinajstić information content (AvgIpc) is 3.12. The molecule has 1 unspecified atom stereocenters. The van der Waals surface area contributed by atoms with Gasteiger partial charge in [-0.15, -0.1) is 0 Å². The lowest BCUT2D eigenvalue weighted by Crippen LogP contribution is -2.30. The van der Waals surface area contributed by atoms with Crippen molar-refractivity contribution in [1.82, 2.24) is 4.31 Å². The highest BCUT2D eigenvalue weighted by atomic mass is 35.5. The van der Waals surface area contributed by atoms with Crippen molar-refractivity contribution in [2.24, 2.45) is 0 Å². The molecule has 0 aliphatic carbocycles. The van der Waals surface area contributed by atoms with E-state index in [1.54, 1.807) is 44.6 Å². The molecule has 1 heterocycles. The maximum atomic E-state index is 13.1. The van der Waals surface area contributed by atoms with Crippen molar-refractivity contribution in [2.75, 3.05) is 20.8 Å². The second-order valence-corrected chi connectivity index (χ2v) is 8.08. The van der Waals surface area contributed by atoms with Gasteiger partial charge in [-0.2, -0.15) is 4.31 Å². The van der Waals surface area contributed by atoms with Crippen LogP contribution in [-0.4, -0.2) is 33.5 Å². The normalized spacial score (nSPS) is 18.3. The third-order valence-corrected chi connectivity index (χ3v) is 6.83. The van der Waals surface area contributed by atoms with Crippen LogP contribution in [0.4, 0.5) is 0 Å². The molecule has 2 aromatic rings. The third-order valence-electron chi connectivity index (χ3n) is 4.42. The van der Waals surface area contributed by atoms with Crippen LogP contribution in [0.5, 0.6) is 11.5 Å². The summed E-state index contributed by atoms with van der Waals surface area (Å²) in [5.74, 6) is 1.20. The van der Waals surface area contributed by atoms with Crippen molar-refractivity contribution in [3.05, 3.63) is 53.1 Å². The Labute approximate surface area is 153 Å². The van der Waals surface area contributed by atoms with Crippen molar-refractivity contribution in [3.63, 3.8) is 0 Å². The minimum absolute atomic E-state index is 0.143. The van der Waals surface area contributed by atoms with Crippen LogP contribution in [0.3, 0.4) is 0 Å². The Hall–Kier alpha value is -1.76. The summed E-state index contributed by atoms with van der Waals surface area (Å²) in [5.41, 5.74) is 0.880. The van der Waals surface area contributed by atoms with E-state index in [1.165, 1.54) is 4.31 Å². The molecule has 1 aliphatic heterocycles. The molecule has 0 aromatic heterocycles. The van der Waals surface area contributed by atoms with Gasteiger partial charge in [0.1, 0.15) is 4.90 Å². The van der Waals surface area contributed by atoms with Gasteiger partial charge in [0, 0.05) is 6.54 Å². The van der Waals surface area contributed by atoms with E-state index < -0.39 is 10.0 Å². The molecular formula is C18H20ClNO4S. The molecule has 0 N–H and O–H groups in total. The van der Waals surface area contributed by atoms with Crippen molar-refractivity contribution in [1.29, 1.82) is 0 Å². The fraction of sp³-hybridized carbons (Fsp3) is 0.333. The first kappa shape index (κ1) is 18.0. The van der Waals surface area contributed by atoms with Gasteiger partial charge in [-0.25, -0.2) is 8.42 Å². The maximum Gasteiger partial charge on any atom is 0.245 e. The minimum Gasteiger partial charge on any atom is -0.493 e. The molecule has 0 spiro atoms. The van der Waals surface area contributed by atoms with E-state index in [2.05, 4.69) is 0 Å². The third kappa shape index (κ3) is 3.34. The summed E-state index contributed by atoms with van der Waals surface area (Å²) >= 11 is 6.13. The largest absolute Gasteiger partial charge is 0.493 e. The second-order valence-electron chi connectivity index (χ2n) is 5.82. The maximum absolute atomic E-state index is 13.1. The van der Waals surface area contributed by atoms with Gasteiger partial charge >= 0.3 is 0 Å². The van der Waals surface area contributed by atoms with Crippen molar-refractivity contribution >= 4 is 21.6 Å². The number of hydrogen-bond donors (Lipinski definition) is 0. The quantitative estimate of drug-likeness (QED) is 0.788. The molecule has 0 radical (unpaired) electrons. The topological polar surface area (TPSA) is 55.8 Å². The van der Waals surface area contributed by atoms with Gasteiger partial charge in [-0.3, -0.25) is 0 Å². The number of halogens is 1. The Morgan fingerprint density at radius 2 is 1.80 bits per heavy atom. The Bertz CT molecular complexity index is 869. The average molecular weight is 382 g/mol. The van der Waals surface area contributed by atoms with Crippen LogP contribution in [0.15, 0.2) is 47.4 Å². The summed E-state index contributed by atoms with van der Waals surface area (Å²) in [6.07, 6.45) is 1.54. The summed E-state index contributed by atoms with van der Waals surface area (Å²) in [4.78, 5) is 0.143. The van der Waals surface area contributed by atoms with E-state index in [9.17, 15) is 8.42 Å². The number of nitrogens with zero attached hydrogens (tertiary/aromatic N) is 1. The molecule has 1 fully saturated rings. The van der Waals surface area contributed by atoms with Crippen molar-refractivity contribution in [2.45, 2.75) is 23.8 Å². The standard InChI is InChI=1S/C18H20ClNO4S/c1-23-16-10-9-13(12-17(16)24-2)15-7-5-11-20(15)25(21,22)18-8-4-3-6-14(18)19/h3-4,6,8-10,12,15H,5,7,11H2,1-2H3. The van der Waals surface area contributed by atoms with E-state index >= 15 is 0 Å². The van der Waals surface area contributed by atoms with Crippen LogP contribution < -0.4 is 9.47 Å². The van der Waals surface area contributed by atoms with Gasteiger partial charge in [0.2, 0.25) is 10.0 Å². The van der Waals surface area contributed by atoms with Gasteiger partial charge in [-0.1, -0.05) is 29.8 Å². The van der Waals surface area contributed by atoms with Crippen molar-refractivity contribution < 1.29 is 17.9 Å². The van der Waals surface area contributed by atoms with E-state index in [0.717, 1.165) is 18.4 Å². The Morgan fingerprint density at radius 3 is 2.48 bits per heavy atom. The van der Waals surface area contributed by atoms with Crippen LogP contribution in [0.1, 0.15) is 24.4 Å². The lowest BCUT2D eigenvalue weighted by atomic mass is 10.0. The number of hydrogen-bond acceptors (Lipinski definition) is 4. The monoisotopic (exact) mass is 381 g/mol. The SMILES string of the molecule is COc1ccc(C2CCCN2S(=O)(=O)c2ccccc2Cl)cc1OC. The predicted octanol–water partition coefficient (Wildman–Crippen LogP) is 3.88. The number of benzene rings is 2. The highest BCUT2D eigenvalue weighted by Crippen LogP contribution is 2.40. The molecule has 134 valence electrons. The van der Waals surface area contributed by atoms with Gasteiger partial charge in [0.15, 0.2) is 11.5 Å². The summed E-state index contributed by atoms with van der Waals surface area (Å²) < 4.78 is 38.3. The smallest absolute Gasteiger partial charge is 0.245 e. The van der Waals surface area contributed by atoms with Crippen molar-refractivity contribution in [3.8, 4) is 11.5 Å². The summed E-state index contributed by atoms with van der Waals surface area (Å²) in [6, 6.07) is 11.8. The van der Waals surface area contributed by atoms with E-state index in [0.29, 0.717) is 18.0 Å². The fourth-order valence-electron chi connectivity index (χ4n) is 3.20. The number of sulfonamides is 1. The molecular weight excluding hydrogens is 362 g/mol. The molecule has 0 bridgehead atoms. The fourth-order valence-corrected chi connectivity index (χ4v) is 5.38. The zero-order valence-electron chi connectivity index (χ0n) is 14.1. The first-order valence-electron chi connectivity index (χ1n) is 7.97. The zero-order chi connectivity index (χ0) is 18.0. The molecule has 3 rings (SSSR count). The first-order valence-corrected chi connectivity index (χ1v) is 9.79. The zero-order valence-corrected chi connectivity index (χ0v) is 15.7. The van der Waals surface area contributed by atoms with Gasteiger partial charge in [0.05, 0.1) is 25.3 Å². The van der Waals surface area contributed by atoms with Crippen LogP contribution in [0.25, 0.3) is 0 Å². The molecule has 1 saturated heterocycles. The molecule has 2 aromatic carbocycles. The summed E-state index contributed by atoms with van der Waals surface area (Å²) in [5, 5.41) is 0.237. The van der Waals surface area contributed by atoms with Gasteiger partial charge in [0.25, 0.3) is 0 Å². The molecule has 25 heavy (non-hydrogen) atoms. The molecule has 0 saturated carbocycles.